The lowest BCUT2D eigenvalue weighted by Crippen LogP contribution is -1.77. The molecule has 0 unspecified atom stereocenters. The Bertz CT molecular complexity index is 2590. The molecule has 358 valence electrons. The maximum Gasteiger partial charge on any atom is 0.0775 e. The van der Waals surface area contributed by atoms with E-state index in [1.165, 1.54) is 166 Å². The maximum absolute atomic E-state index is 4.94. The van der Waals surface area contributed by atoms with Gasteiger partial charge in [-0.15, -0.1) is 90.7 Å². The lowest BCUT2D eigenvalue weighted by Gasteiger charge is -1.96. The van der Waals surface area contributed by atoms with Gasteiger partial charge in [0.2, 0.25) is 0 Å². The van der Waals surface area contributed by atoms with E-state index in [0.29, 0.717) is 0 Å². The van der Waals surface area contributed by atoms with Crippen LogP contribution in [0.4, 0.5) is 0 Å². The second-order valence-electron chi connectivity index (χ2n) is 16.1. The van der Waals surface area contributed by atoms with Crippen molar-refractivity contribution in [3.8, 4) is 82.2 Å². The van der Waals surface area contributed by atoms with E-state index in [4.69, 9.17) is 4.74 Å². The second kappa shape index (κ2) is 30.5. The highest BCUT2D eigenvalue weighted by atomic mass is 79.9. The van der Waals surface area contributed by atoms with Gasteiger partial charge in [0, 0.05) is 84.6 Å². The number of ether oxygens (including phenoxy) is 1. The Morgan fingerprint density at radius 1 is 0.368 bits per heavy atom. The Kier molecular flexibility index (Phi) is 24.7. The van der Waals surface area contributed by atoms with Crippen molar-refractivity contribution in [3.63, 3.8) is 0 Å². The van der Waals surface area contributed by atoms with E-state index in [9.17, 15) is 0 Å². The van der Waals surface area contributed by atoms with Crippen LogP contribution in [-0.4, -0.2) is 13.2 Å². The van der Waals surface area contributed by atoms with E-state index in [1.807, 2.05) is 68.0 Å². The average Bonchev–Trinajstić information content (AvgIpc) is 4.18. The molecule has 0 amide bonds. The Hall–Kier alpha value is -2.36. The number of thiophene rings is 8. The van der Waals surface area contributed by atoms with Crippen LogP contribution in [0.1, 0.15) is 134 Å². The van der Waals surface area contributed by atoms with E-state index in [-0.39, 0.29) is 7.43 Å². The van der Waals surface area contributed by atoms with Gasteiger partial charge in [0.1, 0.15) is 0 Å². The van der Waals surface area contributed by atoms with Crippen LogP contribution >= 0.6 is 123 Å². The van der Waals surface area contributed by atoms with Gasteiger partial charge in [-0.1, -0.05) is 109 Å². The molecule has 11 heteroatoms. The Balaban J connectivity index is 0.000000225. The Labute approximate surface area is 456 Å². The topological polar surface area (TPSA) is 9.23 Å². The third-order valence-corrected chi connectivity index (χ3v) is 21.6. The summed E-state index contributed by atoms with van der Waals surface area (Å²) in [5.74, 6) is 13.6. The van der Waals surface area contributed by atoms with Crippen LogP contribution in [-0.2, 0) is 4.74 Å². The molecule has 0 saturated carbocycles. The summed E-state index contributed by atoms with van der Waals surface area (Å²) in [6.07, 6.45) is 20.5. The van der Waals surface area contributed by atoms with Gasteiger partial charge < -0.3 is 4.74 Å². The van der Waals surface area contributed by atoms with Crippen molar-refractivity contribution >= 4 is 123 Å². The van der Waals surface area contributed by atoms with Gasteiger partial charge in [-0.2, -0.15) is 0 Å². The molecule has 8 aromatic rings. The summed E-state index contributed by atoms with van der Waals surface area (Å²) in [5, 5.41) is 0. The fourth-order valence-electron chi connectivity index (χ4n) is 7.18. The monoisotopic (exact) mass is 1180 g/mol. The number of halogens is 2. The normalized spacial score (nSPS) is 11.7. The molecular weight excluding hydrogens is 1120 g/mol. The number of hydrogen-bond donors (Lipinski definition) is 0. The smallest absolute Gasteiger partial charge is 0.0775 e. The first-order chi connectivity index (χ1) is 32.9. The average molecular weight is 1180 g/mol. The molecule has 0 N–H and O–H groups in total. The summed E-state index contributed by atoms with van der Waals surface area (Å²) >= 11 is 21.8. The molecule has 0 spiro atoms. The summed E-state index contributed by atoms with van der Waals surface area (Å²) in [6, 6.07) is 35.4. The van der Waals surface area contributed by atoms with Gasteiger partial charge >= 0.3 is 0 Å². The third-order valence-electron chi connectivity index (χ3n) is 10.8. The zero-order chi connectivity index (χ0) is 46.5. The summed E-state index contributed by atoms with van der Waals surface area (Å²) in [7, 11) is 0. The highest BCUT2D eigenvalue weighted by molar-refractivity contribution is 9.11. The lowest BCUT2D eigenvalue weighted by molar-refractivity contribution is 0.198. The van der Waals surface area contributed by atoms with Crippen molar-refractivity contribution in [2.24, 2.45) is 0 Å². The summed E-state index contributed by atoms with van der Waals surface area (Å²) in [5.41, 5.74) is 0. The first-order valence-electron chi connectivity index (χ1n) is 23.6. The molecule has 1 nitrogen and oxygen atoms in total. The van der Waals surface area contributed by atoms with Crippen LogP contribution in [0.5, 0.6) is 0 Å². The highest BCUT2D eigenvalue weighted by Crippen LogP contribution is 2.45. The summed E-state index contributed by atoms with van der Waals surface area (Å²) in [6.45, 7) is 6.54. The minimum Gasteiger partial charge on any atom is -0.381 e. The number of rotatable bonds is 18. The van der Waals surface area contributed by atoms with Crippen LogP contribution < -0.4 is 0 Å². The van der Waals surface area contributed by atoms with Crippen molar-refractivity contribution in [2.45, 2.75) is 124 Å². The van der Waals surface area contributed by atoms with Crippen LogP contribution in [0.25, 0.3) is 58.5 Å². The molecule has 0 aromatic carbocycles. The van der Waals surface area contributed by atoms with Gasteiger partial charge in [0.15, 0.2) is 0 Å². The zero-order valence-electron chi connectivity index (χ0n) is 38.4. The molecular formula is C57H62Br2OS8. The molecule has 68 heavy (non-hydrogen) atoms. The largest absolute Gasteiger partial charge is 0.381 e. The van der Waals surface area contributed by atoms with Crippen molar-refractivity contribution in [3.05, 3.63) is 114 Å². The van der Waals surface area contributed by atoms with Crippen LogP contribution in [0.15, 0.2) is 105 Å². The van der Waals surface area contributed by atoms with Crippen LogP contribution in [0, 0.1) is 23.7 Å². The molecule has 9 heterocycles. The molecule has 1 aliphatic heterocycles. The molecule has 1 saturated heterocycles. The Morgan fingerprint density at radius 3 is 0.941 bits per heavy atom. The second-order valence-corrected chi connectivity index (χ2v) is 27.6. The van der Waals surface area contributed by atoms with E-state index in [2.05, 4.69) is 166 Å². The van der Waals surface area contributed by atoms with Gasteiger partial charge in [0.25, 0.3) is 0 Å². The van der Waals surface area contributed by atoms with E-state index >= 15 is 0 Å². The minimum absolute atomic E-state index is 0. The van der Waals surface area contributed by atoms with Gasteiger partial charge in [-0.3, -0.25) is 0 Å². The summed E-state index contributed by atoms with van der Waals surface area (Å²) in [4.78, 5) is 18.3. The van der Waals surface area contributed by atoms with Crippen molar-refractivity contribution in [1.29, 1.82) is 0 Å². The van der Waals surface area contributed by atoms with Crippen molar-refractivity contribution < 1.29 is 4.74 Å². The molecule has 0 atom stereocenters. The van der Waals surface area contributed by atoms with Gasteiger partial charge in [-0.25, -0.2) is 0 Å². The Morgan fingerprint density at radius 2 is 0.647 bits per heavy atom. The molecule has 8 aromatic heterocycles. The fourth-order valence-corrected chi connectivity index (χ4v) is 16.3. The molecule has 0 radical (unpaired) electrons. The van der Waals surface area contributed by atoms with Gasteiger partial charge in [0.05, 0.1) is 17.3 Å². The number of hydrogen-bond acceptors (Lipinski definition) is 9. The highest BCUT2D eigenvalue weighted by Gasteiger charge is 2.13. The van der Waals surface area contributed by atoms with Crippen LogP contribution in [0.3, 0.4) is 0 Å². The first kappa shape index (κ1) is 55.0. The van der Waals surface area contributed by atoms with Gasteiger partial charge in [-0.05, 0) is 155 Å². The van der Waals surface area contributed by atoms with E-state index < -0.39 is 0 Å². The molecule has 0 aliphatic carbocycles. The predicted molar refractivity (Wildman–Crippen MR) is 320 cm³/mol. The third kappa shape index (κ3) is 17.7. The van der Waals surface area contributed by atoms with E-state index in [0.717, 1.165) is 26.1 Å². The maximum atomic E-state index is 4.94. The first-order valence-corrected chi connectivity index (χ1v) is 31.7. The predicted octanol–water partition coefficient (Wildman–Crippen LogP) is 23.0. The molecule has 1 fully saturated rings. The fraction of sp³-hybridized carbons (Fsp3) is 0.368. The molecule has 1 aliphatic rings. The standard InChI is InChI=1S/C36H42S4.C16H8Br2S4.C4H8O.CH4/c1-3-5-7-9-11-13-15-17-19-29-21-23-31(37-29)33-25-27-35(39-33)36-28-26-34(40-36)32-24-22-30(38-32)20-18-16-14-12-10-8-6-4-2;17-15-7-5-13(21-15)11-3-1-9(19-11)10-2-4-12(20-10)14-6-8-16(18)22-14;1-2-4-5-3-1;/h21-28H,3-16H2,1-2H3;1-8H;1-4H2;1H4. The van der Waals surface area contributed by atoms with Crippen molar-refractivity contribution in [1.82, 2.24) is 0 Å². The molecule has 0 bridgehead atoms. The molecule has 9 rings (SSSR count). The van der Waals surface area contributed by atoms with Crippen molar-refractivity contribution in [2.75, 3.05) is 13.2 Å². The van der Waals surface area contributed by atoms with Crippen LogP contribution in [0.2, 0.25) is 0 Å². The summed E-state index contributed by atoms with van der Waals surface area (Å²) < 4.78 is 7.30. The van der Waals surface area contributed by atoms with E-state index in [1.54, 1.807) is 22.7 Å². The minimum atomic E-state index is 0. The zero-order valence-corrected chi connectivity index (χ0v) is 48.1. The SMILES string of the molecule is Brc1ccc(-c2ccc(-c3ccc(-c4ccc(Br)s4)s3)s2)s1.C.C1CCOC1.CCCCCCCCC#Cc1ccc(-c2ccc(-c3ccc(-c4ccc(C#CCCCCCCCC)s4)s3)s2)s1. The number of unbranched alkanes of at least 4 members (excludes halogenated alkanes) is 12. The quantitative estimate of drug-likeness (QED) is 0.0615. The lowest BCUT2D eigenvalue weighted by atomic mass is 10.1.